The SMILES string of the molecule is Cn1nnc(CC(CN)c2cccc(F)c2)n1. The Balaban J connectivity index is 2.16. The Hall–Kier alpha value is -1.82. The van der Waals surface area contributed by atoms with Crippen LogP contribution in [0.2, 0.25) is 0 Å². The molecule has 0 bridgehead atoms. The van der Waals surface area contributed by atoms with Crippen molar-refractivity contribution in [1.82, 2.24) is 20.2 Å². The standard InChI is InChI=1S/C11H14FN5/c1-17-15-11(14-16-17)6-9(7-13)8-3-2-4-10(12)5-8/h2-5,9H,6-7,13H2,1H3. The van der Waals surface area contributed by atoms with Gasteiger partial charge in [-0.1, -0.05) is 12.1 Å². The zero-order valence-electron chi connectivity index (χ0n) is 9.55. The Bertz CT molecular complexity index is 496. The molecule has 0 aliphatic rings. The first kappa shape index (κ1) is 11.7. The van der Waals surface area contributed by atoms with Gasteiger partial charge in [-0.2, -0.15) is 4.80 Å². The molecule has 1 atom stereocenters. The van der Waals surface area contributed by atoms with Gasteiger partial charge in [-0.3, -0.25) is 0 Å². The van der Waals surface area contributed by atoms with Crippen LogP contribution >= 0.6 is 0 Å². The van der Waals surface area contributed by atoms with Crippen LogP contribution in [0.15, 0.2) is 24.3 Å². The van der Waals surface area contributed by atoms with Crippen molar-refractivity contribution in [3.8, 4) is 0 Å². The highest BCUT2D eigenvalue weighted by Gasteiger charge is 2.14. The summed E-state index contributed by atoms with van der Waals surface area (Å²) in [4.78, 5) is 1.40. The van der Waals surface area contributed by atoms with Gasteiger partial charge in [0, 0.05) is 12.3 Å². The summed E-state index contributed by atoms with van der Waals surface area (Å²) in [5.74, 6) is 0.371. The Kier molecular flexibility index (Phi) is 3.43. The molecule has 1 unspecified atom stereocenters. The number of aromatic nitrogens is 4. The quantitative estimate of drug-likeness (QED) is 0.844. The van der Waals surface area contributed by atoms with Crippen molar-refractivity contribution in [1.29, 1.82) is 0 Å². The first-order valence-corrected chi connectivity index (χ1v) is 5.37. The molecule has 2 aromatic rings. The van der Waals surface area contributed by atoms with Crippen LogP contribution in [0, 0.1) is 5.82 Å². The van der Waals surface area contributed by atoms with Crippen molar-refractivity contribution >= 4 is 0 Å². The number of tetrazole rings is 1. The molecule has 2 rings (SSSR count). The van der Waals surface area contributed by atoms with Crippen molar-refractivity contribution in [3.63, 3.8) is 0 Å². The number of hydrogen-bond acceptors (Lipinski definition) is 4. The molecule has 0 saturated carbocycles. The first-order valence-electron chi connectivity index (χ1n) is 5.37. The molecule has 2 N–H and O–H groups in total. The second-order valence-electron chi connectivity index (χ2n) is 3.89. The third-order valence-corrected chi connectivity index (χ3v) is 2.58. The van der Waals surface area contributed by atoms with Crippen LogP contribution in [-0.2, 0) is 13.5 Å². The molecule has 0 saturated heterocycles. The molecule has 90 valence electrons. The minimum absolute atomic E-state index is 0.00917. The fraction of sp³-hybridized carbons (Fsp3) is 0.364. The summed E-state index contributed by atoms with van der Waals surface area (Å²) in [6, 6.07) is 6.44. The van der Waals surface area contributed by atoms with E-state index in [-0.39, 0.29) is 11.7 Å². The molecular formula is C11H14FN5. The fourth-order valence-electron chi connectivity index (χ4n) is 1.72. The third kappa shape index (κ3) is 2.85. The minimum atomic E-state index is -0.256. The molecule has 0 radical (unpaired) electrons. The van der Waals surface area contributed by atoms with Crippen molar-refractivity contribution in [3.05, 3.63) is 41.5 Å². The largest absolute Gasteiger partial charge is 0.330 e. The number of nitrogens with zero attached hydrogens (tertiary/aromatic N) is 4. The lowest BCUT2D eigenvalue weighted by molar-refractivity contribution is 0.608. The lowest BCUT2D eigenvalue weighted by Crippen LogP contribution is -2.16. The van der Waals surface area contributed by atoms with E-state index in [9.17, 15) is 4.39 Å². The van der Waals surface area contributed by atoms with Crippen LogP contribution in [0.25, 0.3) is 0 Å². The van der Waals surface area contributed by atoms with E-state index in [0.717, 1.165) is 5.56 Å². The predicted octanol–water partition coefficient (Wildman–Crippen LogP) is 0.634. The molecule has 0 aliphatic carbocycles. The molecule has 0 fully saturated rings. The van der Waals surface area contributed by atoms with Gasteiger partial charge < -0.3 is 5.73 Å². The smallest absolute Gasteiger partial charge is 0.175 e. The number of aryl methyl sites for hydroxylation is 1. The molecule has 17 heavy (non-hydrogen) atoms. The Labute approximate surface area is 98.4 Å². The van der Waals surface area contributed by atoms with E-state index in [1.165, 1.54) is 16.9 Å². The third-order valence-electron chi connectivity index (χ3n) is 2.58. The highest BCUT2D eigenvalue weighted by Crippen LogP contribution is 2.18. The number of halogens is 1. The second-order valence-corrected chi connectivity index (χ2v) is 3.89. The lowest BCUT2D eigenvalue weighted by atomic mass is 9.95. The highest BCUT2D eigenvalue weighted by atomic mass is 19.1. The Morgan fingerprint density at radius 2 is 2.29 bits per heavy atom. The molecule has 1 aromatic heterocycles. The monoisotopic (exact) mass is 235 g/mol. The Morgan fingerprint density at radius 1 is 1.47 bits per heavy atom. The predicted molar refractivity (Wildman–Crippen MR) is 60.7 cm³/mol. The highest BCUT2D eigenvalue weighted by molar-refractivity contribution is 5.22. The topological polar surface area (TPSA) is 69.6 Å². The van der Waals surface area contributed by atoms with Crippen molar-refractivity contribution < 1.29 is 4.39 Å². The van der Waals surface area contributed by atoms with Crippen LogP contribution in [0.4, 0.5) is 4.39 Å². The summed E-state index contributed by atoms with van der Waals surface area (Å²) < 4.78 is 13.1. The van der Waals surface area contributed by atoms with Gasteiger partial charge in [0.15, 0.2) is 5.82 Å². The van der Waals surface area contributed by atoms with Gasteiger partial charge in [-0.05, 0) is 29.5 Å². The Morgan fingerprint density at radius 3 is 2.88 bits per heavy atom. The molecule has 1 aromatic carbocycles. The van der Waals surface area contributed by atoms with Gasteiger partial charge in [0.05, 0.1) is 7.05 Å². The van der Waals surface area contributed by atoms with Crippen molar-refractivity contribution in [2.75, 3.05) is 6.54 Å². The summed E-state index contributed by atoms with van der Waals surface area (Å²) in [6.45, 7) is 0.418. The normalized spacial score (nSPS) is 12.6. The molecule has 5 nitrogen and oxygen atoms in total. The maximum absolute atomic E-state index is 13.1. The maximum atomic E-state index is 13.1. The van der Waals surface area contributed by atoms with E-state index >= 15 is 0 Å². The van der Waals surface area contributed by atoms with Crippen molar-refractivity contribution in [2.45, 2.75) is 12.3 Å². The molecule has 1 heterocycles. The summed E-state index contributed by atoms with van der Waals surface area (Å²) >= 11 is 0. The molecule has 0 aliphatic heterocycles. The maximum Gasteiger partial charge on any atom is 0.175 e. The van der Waals surface area contributed by atoms with Crippen LogP contribution < -0.4 is 5.73 Å². The van der Waals surface area contributed by atoms with E-state index in [0.29, 0.717) is 18.8 Å². The summed E-state index contributed by atoms with van der Waals surface area (Å²) in [5.41, 5.74) is 6.57. The van der Waals surface area contributed by atoms with Crippen LogP contribution in [0.3, 0.4) is 0 Å². The van der Waals surface area contributed by atoms with Gasteiger partial charge >= 0.3 is 0 Å². The summed E-state index contributed by atoms with van der Waals surface area (Å²) in [5, 5.41) is 11.8. The zero-order chi connectivity index (χ0) is 12.3. The van der Waals surface area contributed by atoms with Gasteiger partial charge in [-0.25, -0.2) is 4.39 Å². The zero-order valence-corrected chi connectivity index (χ0v) is 9.55. The average molecular weight is 235 g/mol. The van der Waals surface area contributed by atoms with Gasteiger partial charge in [-0.15, -0.1) is 10.2 Å². The van der Waals surface area contributed by atoms with E-state index in [1.54, 1.807) is 13.1 Å². The van der Waals surface area contributed by atoms with Gasteiger partial charge in [0.1, 0.15) is 5.82 Å². The molecule has 0 amide bonds. The number of hydrogen-bond donors (Lipinski definition) is 1. The number of benzene rings is 1. The average Bonchev–Trinajstić information content (AvgIpc) is 2.72. The second kappa shape index (κ2) is 5.01. The van der Waals surface area contributed by atoms with Gasteiger partial charge in [0.25, 0.3) is 0 Å². The fourth-order valence-corrected chi connectivity index (χ4v) is 1.72. The van der Waals surface area contributed by atoms with E-state index in [1.807, 2.05) is 6.07 Å². The van der Waals surface area contributed by atoms with Crippen LogP contribution in [0.1, 0.15) is 17.3 Å². The van der Waals surface area contributed by atoms with Crippen LogP contribution in [0.5, 0.6) is 0 Å². The number of nitrogens with two attached hydrogens (primary N) is 1. The lowest BCUT2D eigenvalue weighted by Gasteiger charge is -2.12. The summed E-state index contributed by atoms with van der Waals surface area (Å²) in [6.07, 6.45) is 0.563. The van der Waals surface area contributed by atoms with E-state index in [2.05, 4.69) is 15.4 Å². The summed E-state index contributed by atoms with van der Waals surface area (Å²) in [7, 11) is 1.70. The molecule has 6 heteroatoms. The number of rotatable bonds is 4. The molecular weight excluding hydrogens is 221 g/mol. The van der Waals surface area contributed by atoms with Gasteiger partial charge in [0.2, 0.25) is 0 Å². The van der Waals surface area contributed by atoms with Crippen molar-refractivity contribution in [2.24, 2.45) is 12.8 Å². The van der Waals surface area contributed by atoms with E-state index < -0.39 is 0 Å². The molecule has 0 spiro atoms. The van der Waals surface area contributed by atoms with E-state index in [4.69, 9.17) is 5.73 Å². The minimum Gasteiger partial charge on any atom is -0.330 e. The van der Waals surface area contributed by atoms with Crippen LogP contribution in [-0.4, -0.2) is 26.8 Å². The first-order chi connectivity index (χ1) is 8.19.